The van der Waals surface area contributed by atoms with Gasteiger partial charge in [0.25, 0.3) is 0 Å². The van der Waals surface area contributed by atoms with Crippen molar-refractivity contribution in [2.75, 3.05) is 0 Å². The fourth-order valence-electron chi connectivity index (χ4n) is 6.33. The maximum Gasteiger partial charge on any atom is 0.164 e. The fourth-order valence-corrected chi connectivity index (χ4v) is 8.86. The molecule has 6 aromatic rings. The standard InChI is InChI=1S/C30H24NS2.C15H28O2.Ir/c1-18-22-13-14-31-27(21-15-19-9-5-7-11-23(19)24(16-21)30(2,3)4)29(22)33-28(18)26-17-20-10-6-8-12-25(20)32-26;1-7-14(5,8-2)12(16)11-13(17)15(6,9-3)10-4;/h5-14,16-17H,1-4H3;11,16H,7-10H2,1-6H3;/q-1;;/b;12-11-;. The number of aromatic nitrogens is 1. The molecule has 1 radical (unpaired) electrons. The molecule has 3 nitrogen and oxygen atoms in total. The minimum Gasteiger partial charge on any atom is -0.512 e. The molecule has 0 unspecified atom stereocenters. The number of hydrogen-bond acceptors (Lipinski definition) is 5. The third-order valence-corrected chi connectivity index (χ3v) is 13.6. The third-order valence-electron chi connectivity index (χ3n) is 10.9. The SMILES string of the molecule is CCC(C)(CC)C(=O)/C=C(\O)C(C)(CC)CC.Cc1c(-c2cc3ccccc3s2)sc2c(-c3[c-]c4ccccc4c(C(C)(C)C)c3)nccc12.[Ir]. The van der Waals surface area contributed by atoms with Gasteiger partial charge in [0.05, 0.1) is 0 Å². The Morgan fingerprint density at radius 1 is 0.824 bits per heavy atom. The van der Waals surface area contributed by atoms with Gasteiger partial charge in [0.2, 0.25) is 0 Å². The van der Waals surface area contributed by atoms with Crippen molar-refractivity contribution in [3.8, 4) is 21.0 Å². The van der Waals surface area contributed by atoms with Crippen molar-refractivity contribution >= 4 is 59.4 Å². The van der Waals surface area contributed by atoms with Crippen LogP contribution in [-0.2, 0) is 30.3 Å². The van der Waals surface area contributed by atoms with E-state index < -0.39 is 0 Å². The van der Waals surface area contributed by atoms with Gasteiger partial charge in [-0.15, -0.1) is 51.8 Å². The second-order valence-electron chi connectivity index (χ2n) is 15.1. The summed E-state index contributed by atoms with van der Waals surface area (Å²) >= 11 is 3.73. The molecule has 3 aromatic carbocycles. The third kappa shape index (κ3) is 8.25. The van der Waals surface area contributed by atoms with Crippen LogP contribution in [0.1, 0.15) is 99.1 Å². The van der Waals surface area contributed by atoms with Crippen LogP contribution in [0.3, 0.4) is 0 Å². The van der Waals surface area contributed by atoms with E-state index in [2.05, 4.69) is 100 Å². The Morgan fingerprint density at radius 3 is 2.08 bits per heavy atom. The minimum atomic E-state index is -0.337. The van der Waals surface area contributed by atoms with E-state index in [1.165, 1.54) is 52.5 Å². The van der Waals surface area contributed by atoms with Crippen LogP contribution in [0.25, 0.3) is 52.0 Å². The summed E-state index contributed by atoms with van der Waals surface area (Å²) in [6.45, 7) is 21.2. The van der Waals surface area contributed by atoms with Crippen LogP contribution in [-0.4, -0.2) is 15.9 Å². The van der Waals surface area contributed by atoms with Crippen LogP contribution < -0.4 is 0 Å². The summed E-state index contributed by atoms with van der Waals surface area (Å²) in [5.74, 6) is 0.286. The van der Waals surface area contributed by atoms with E-state index in [1.807, 2.05) is 70.4 Å². The fraction of sp³-hybridized carbons (Fsp3) is 0.378. The summed E-state index contributed by atoms with van der Waals surface area (Å²) in [6, 6.07) is 27.7. The van der Waals surface area contributed by atoms with E-state index in [0.29, 0.717) is 0 Å². The average molecular weight is 895 g/mol. The molecule has 6 heteroatoms. The van der Waals surface area contributed by atoms with Crippen molar-refractivity contribution in [3.63, 3.8) is 0 Å². The van der Waals surface area contributed by atoms with Gasteiger partial charge in [0.15, 0.2) is 5.78 Å². The Hall–Kier alpha value is -3.15. The molecule has 0 saturated carbocycles. The largest absolute Gasteiger partial charge is 0.512 e. The molecule has 0 atom stereocenters. The topological polar surface area (TPSA) is 50.2 Å². The van der Waals surface area contributed by atoms with Gasteiger partial charge in [0, 0.05) is 68.1 Å². The van der Waals surface area contributed by atoms with Gasteiger partial charge in [-0.1, -0.05) is 110 Å². The normalized spacial score (nSPS) is 12.5. The Kier molecular flexibility index (Phi) is 12.9. The molecule has 6 rings (SSSR count). The Balaban J connectivity index is 0.000000279. The molecule has 51 heavy (non-hydrogen) atoms. The molecule has 0 amide bonds. The van der Waals surface area contributed by atoms with Gasteiger partial charge in [-0.3, -0.25) is 9.78 Å². The number of aliphatic hydroxyl groups is 1. The molecule has 0 aliphatic heterocycles. The number of carbonyl (C=O) groups is 1. The number of thiophene rings is 2. The zero-order valence-corrected chi connectivity index (χ0v) is 35.8. The first-order chi connectivity index (χ1) is 23.7. The number of aryl methyl sites for hydroxylation is 1. The summed E-state index contributed by atoms with van der Waals surface area (Å²) in [7, 11) is 0. The van der Waals surface area contributed by atoms with Crippen LogP contribution in [0.15, 0.2) is 84.8 Å². The molecule has 3 heterocycles. The number of benzene rings is 3. The van der Waals surface area contributed by atoms with Gasteiger partial charge < -0.3 is 5.11 Å². The molecular formula is C45H52IrNO2S2-. The van der Waals surface area contributed by atoms with E-state index in [0.717, 1.165) is 42.3 Å². The first-order valence-electron chi connectivity index (χ1n) is 18.0. The van der Waals surface area contributed by atoms with Crippen LogP contribution in [0.4, 0.5) is 0 Å². The molecule has 1 N–H and O–H groups in total. The Morgan fingerprint density at radius 2 is 1.45 bits per heavy atom. The van der Waals surface area contributed by atoms with Crippen molar-refractivity contribution in [2.45, 2.75) is 100 Å². The van der Waals surface area contributed by atoms with Crippen LogP contribution in [0, 0.1) is 23.8 Å². The minimum absolute atomic E-state index is 0. The molecule has 0 fully saturated rings. The first-order valence-corrected chi connectivity index (χ1v) is 19.6. The summed E-state index contributed by atoms with van der Waals surface area (Å²) in [4.78, 5) is 19.7. The van der Waals surface area contributed by atoms with Gasteiger partial charge in [0.1, 0.15) is 5.76 Å². The van der Waals surface area contributed by atoms with E-state index >= 15 is 0 Å². The van der Waals surface area contributed by atoms with Gasteiger partial charge in [-0.05, 0) is 72.6 Å². The van der Waals surface area contributed by atoms with Crippen molar-refractivity contribution in [1.29, 1.82) is 0 Å². The Labute approximate surface area is 326 Å². The monoisotopic (exact) mass is 895 g/mol. The van der Waals surface area contributed by atoms with Gasteiger partial charge >= 0.3 is 0 Å². The number of nitrogens with zero attached hydrogens (tertiary/aromatic N) is 1. The maximum absolute atomic E-state index is 12.2. The van der Waals surface area contributed by atoms with Crippen LogP contribution in [0.2, 0.25) is 0 Å². The quantitative estimate of drug-likeness (QED) is 0.0894. The van der Waals surface area contributed by atoms with E-state index in [4.69, 9.17) is 4.98 Å². The second-order valence-corrected chi connectivity index (χ2v) is 17.2. The van der Waals surface area contributed by atoms with E-state index in [-0.39, 0.29) is 47.9 Å². The van der Waals surface area contributed by atoms with Gasteiger partial charge in [-0.2, -0.15) is 0 Å². The van der Waals surface area contributed by atoms with Crippen molar-refractivity contribution in [3.05, 3.63) is 102 Å². The van der Waals surface area contributed by atoms with E-state index in [1.54, 1.807) is 0 Å². The van der Waals surface area contributed by atoms with Crippen molar-refractivity contribution in [2.24, 2.45) is 10.8 Å². The number of fused-ring (bicyclic) bond motifs is 3. The molecule has 0 spiro atoms. The number of allylic oxidation sites excluding steroid dienone is 2. The van der Waals surface area contributed by atoms with Crippen LogP contribution >= 0.6 is 22.7 Å². The predicted molar refractivity (Wildman–Crippen MR) is 219 cm³/mol. The Bertz CT molecular complexity index is 2140. The number of pyridine rings is 1. The number of aliphatic hydroxyl groups excluding tert-OH is 1. The van der Waals surface area contributed by atoms with Crippen molar-refractivity contribution < 1.29 is 30.0 Å². The average Bonchev–Trinajstić information content (AvgIpc) is 3.71. The molecule has 0 bridgehead atoms. The molecule has 0 aliphatic rings. The second kappa shape index (κ2) is 16.3. The molecule has 3 aromatic heterocycles. The number of carbonyl (C=O) groups excluding carboxylic acids is 1. The summed E-state index contributed by atoms with van der Waals surface area (Å²) in [6.07, 6.45) is 6.70. The van der Waals surface area contributed by atoms with Crippen LogP contribution in [0.5, 0.6) is 0 Å². The molecular weight excluding hydrogens is 843 g/mol. The number of ketones is 1. The zero-order valence-electron chi connectivity index (χ0n) is 31.8. The predicted octanol–water partition coefficient (Wildman–Crippen LogP) is 14.1. The maximum atomic E-state index is 12.2. The van der Waals surface area contributed by atoms with Crippen molar-refractivity contribution in [1.82, 2.24) is 4.98 Å². The summed E-state index contributed by atoms with van der Waals surface area (Å²) < 4.78 is 2.58. The summed E-state index contributed by atoms with van der Waals surface area (Å²) in [5, 5.41) is 15.2. The number of rotatable bonds is 9. The smallest absolute Gasteiger partial charge is 0.164 e. The van der Waals surface area contributed by atoms with Gasteiger partial charge in [-0.25, -0.2) is 0 Å². The molecule has 271 valence electrons. The number of hydrogen-bond donors (Lipinski definition) is 1. The zero-order chi connectivity index (χ0) is 36.4. The first kappa shape index (κ1) is 40.6. The summed E-state index contributed by atoms with van der Waals surface area (Å²) in [5.41, 5.74) is 4.21. The van der Waals surface area contributed by atoms with E-state index in [9.17, 15) is 9.90 Å². The molecule has 0 aliphatic carbocycles. The molecule has 0 saturated heterocycles.